The van der Waals surface area contributed by atoms with Crippen molar-refractivity contribution in [1.29, 1.82) is 0 Å². The van der Waals surface area contributed by atoms with E-state index in [1.165, 1.54) is 13.0 Å². The highest BCUT2D eigenvalue weighted by atomic mass is 16.5. The van der Waals surface area contributed by atoms with Crippen LogP contribution in [-0.4, -0.2) is 41.5 Å². The molecule has 0 bridgehead atoms. The lowest BCUT2D eigenvalue weighted by molar-refractivity contribution is -0.114. The number of aryl methyl sites for hydroxylation is 1. The number of carbonyl (C=O) groups excluding carboxylic acids is 3. The van der Waals surface area contributed by atoms with E-state index in [9.17, 15) is 14.4 Å². The van der Waals surface area contributed by atoms with E-state index in [4.69, 9.17) is 9.47 Å². The van der Waals surface area contributed by atoms with Crippen LogP contribution in [0.3, 0.4) is 0 Å². The Kier molecular flexibility index (Phi) is 6.49. The number of rotatable bonds is 7. The number of amides is 1. The molecule has 1 saturated heterocycles. The van der Waals surface area contributed by atoms with Crippen LogP contribution in [0, 0.1) is 13.8 Å². The van der Waals surface area contributed by atoms with Gasteiger partial charge in [0.1, 0.15) is 0 Å². The lowest BCUT2D eigenvalue weighted by Crippen LogP contribution is -2.18. The molecule has 0 aliphatic carbocycles. The fraction of sp³-hybridized carbons (Fsp3) is 0.409. The Morgan fingerprint density at radius 1 is 1.24 bits per heavy atom. The lowest BCUT2D eigenvalue weighted by atomic mass is 10.1. The smallest absolute Gasteiger partial charge is 0.338 e. The average Bonchev–Trinajstić information content (AvgIpc) is 3.29. The summed E-state index contributed by atoms with van der Waals surface area (Å²) in [7, 11) is 0. The molecule has 7 nitrogen and oxygen atoms in total. The predicted molar refractivity (Wildman–Crippen MR) is 108 cm³/mol. The number of carbonyl (C=O) groups is 3. The highest BCUT2D eigenvalue weighted by Gasteiger charge is 2.22. The zero-order valence-corrected chi connectivity index (χ0v) is 17.0. The number of aromatic nitrogens is 1. The first-order chi connectivity index (χ1) is 13.8. The molecule has 1 aromatic heterocycles. The average molecular weight is 398 g/mol. The van der Waals surface area contributed by atoms with Gasteiger partial charge in [-0.1, -0.05) is 6.07 Å². The summed E-state index contributed by atoms with van der Waals surface area (Å²) in [5, 5.41) is 2.61. The van der Waals surface area contributed by atoms with Gasteiger partial charge in [0, 0.05) is 42.7 Å². The van der Waals surface area contributed by atoms with Crippen molar-refractivity contribution in [2.45, 2.75) is 46.3 Å². The summed E-state index contributed by atoms with van der Waals surface area (Å²) in [5.41, 5.74) is 3.16. The summed E-state index contributed by atoms with van der Waals surface area (Å²) < 4.78 is 13.0. The maximum atomic E-state index is 12.6. The molecule has 1 aliphatic heterocycles. The van der Waals surface area contributed by atoms with Crippen LogP contribution in [0.1, 0.15) is 51.9 Å². The van der Waals surface area contributed by atoms with E-state index in [0.717, 1.165) is 37.4 Å². The second kappa shape index (κ2) is 9.05. The molecule has 1 unspecified atom stereocenters. The minimum absolute atomic E-state index is 0.177. The molecule has 2 aromatic rings. The van der Waals surface area contributed by atoms with Crippen molar-refractivity contribution in [3.05, 3.63) is 52.8 Å². The van der Waals surface area contributed by atoms with E-state index in [-0.39, 0.29) is 30.0 Å². The third kappa shape index (κ3) is 5.12. The lowest BCUT2D eigenvalue weighted by Gasteiger charge is -2.14. The van der Waals surface area contributed by atoms with Crippen LogP contribution in [0.15, 0.2) is 30.3 Å². The molecular formula is C22H26N2O5. The van der Waals surface area contributed by atoms with Crippen LogP contribution in [-0.2, 0) is 20.8 Å². The van der Waals surface area contributed by atoms with Gasteiger partial charge < -0.3 is 19.4 Å². The Morgan fingerprint density at radius 3 is 2.72 bits per heavy atom. The second-order valence-electron chi connectivity index (χ2n) is 7.29. The van der Waals surface area contributed by atoms with Crippen molar-refractivity contribution in [2.24, 2.45) is 0 Å². The van der Waals surface area contributed by atoms with Gasteiger partial charge in [-0.05, 0) is 51.0 Å². The molecule has 1 atom stereocenters. The van der Waals surface area contributed by atoms with Crippen molar-refractivity contribution >= 4 is 23.3 Å². The highest BCUT2D eigenvalue weighted by Crippen LogP contribution is 2.21. The maximum absolute atomic E-state index is 12.6. The van der Waals surface area contributed by atoms with Gasteiger partial charge in [0.2, 0.25) is 11.7 Å². The molecule has 154 valence electrons. The van der Waals surface area contributed by atoms with E-state index >= 15 is 0 Å². The van der Waals surface area contributed by atoms with Crippen molar-refractivity contribution in [2.75, 3.05) is 18.5 Å². The SMILES string of the molecule is CC(=O)Nc1cccc(C(=O)OCC(=O)c2cc(C)n(CC3CCCO3)c2C)c1. The fourth-order valence-corrected chi connectivity index (χ4v) is 3.58. The number of hydrogen-bond donors (Lipinski definition) is 1. The number of anilines is 1. The van der Waals surface area contributed by atoms with Crippen LogP contribution in [0.25, 0.3) is 0 Å². The molecule has 0 saturated carbocycles. The largest absolute Gasteiger partial charge is 0.454 e. The number of nitrogens with one attached hydrogen (secondary N) is 1. The van der Waals surface area contributed by atoms with Crippen molar-refractivity contribution < 1.29 is 23.9 Å². The molecule has 1 fully saturated rings. The summed E-state index contributed by atoms with van der Waals surface area (Å²) in [6.45, 7) is 6.41. The Hall–Kier alpha value is -2.93. The van der Waals surface area contributed by atoms with Crippen LogP contribution < -0.4 is 5.32 Å². The second-order valence-corrected chi connectivity index (χ2v) is 7.29. The number of ether oxygens (including phenoxy) is 2. The fourth-order valence-electron chi connectivity index (χ4n) is 3.58. The quantitative estimate of drug-likeness (QED) is 0.571. The third-order valence-electron chi connectivity index (χ3n) is 5.04. The van der Waals surface area contributed by atoms with Gasteiger partial charge in [0.25, 0.3) is 0 Å². The molecule has 2 heterocycles. The Balaban J connectivity index is 1.63. The van der Waals surface area contributed by atoms with E-state index in [1.54, 1.807) is 18.2 Å². The summed E-state index contributed by atoms with van der Waals surface area (Å²) in [6, 6.07) is 8.24. The van der Waals surface area contributed by atoms with E-state index in [0.29, 0.717) is 11.3 Å². The Bertz CT molecular complexity index is 925. The van der Waals surface area contributed by atoms with Gasteiger partial charge in [-0.2, -0.15) is 0 Å². The van der Waals surface area contributed by atoms with Crippen molar-refractivity contribution in [1.82, 2.24) is 4.57 Å². The first-order valence-corrected chi connectivity index (χ1v) is 9.71. The minimum Gasteiger partial charge on any atom is -0.454 e. The molecule has 1 amide bonds. The van der Waals surface area contributed by atoms with Crippen LogP contribution in [0.4, 0.5) is 5.69 Å². The van der Waals surface area contributed by atoms with Gasteiger partial charge in [-0.15, -0.1) is 0 Å². The zero-order chi connectivity index (χ0) is 21.0. The summed E-state index contributed by atoms with van der Waals surface area (Å²) in [5.74, 6) is -1.09. The number of Topliss-reactive ketones (excluding diaryl/α,β-unsaturated/α-hetero) is 1. The third-order valence-corrected chi connectivity index (χ3v) is 5.04. The van der Waals surface area contributed by atoms with Crippen LogP contribution in [0.5, 0.6) is 0 Å². The molecular weight excluding hydrogens is 372 g/mol. The van der Waals surface area contributed by atoms with Crippen molar-refractivity contribution in [3.8, 4) is 0 Å². The standard InChI is InChI=1S/C22H26N2O5/c1-14-10-20(15(2)24(14)12-19-8-5-9-28-19)21(26)13-29-22(27)17-6-4-7-18(11-17)23-16(3)25/h4,6-7,10-11,19H,5,8-9,12-13H2,1-3H3,(H,23,25). The summed E-state index contributed by atoms with van der Waals surface area (Å²) in [4.78, 5) is 36.1. The molecule has 29 heavy (non-hydrogen) atoms. The molecule has 1 N–H and O–H groups in total. The first kappa shape index (κ1) is 20.8. The number of hydrogen-bond acceptors (Lipinski definition) is 5. The van der Waals surface area contributed by atoms with Gasteiger partial charge in [-0.25, -0.2) is 4.79 Å². The Morgan fingerprint density at radius 2 is 2.03 bits per heavy atom. The summed E-state index contributed by atoms with van der Waals surface area (Å²) in [6.07, 6.45) is 2.26. The number of ketones is 1. The van der Waals surface area contributed by atoms with Crippen LogP contribution >= 0.6 is 0 Å². The molecule has 1 aromatic carbocycles. The Labute approximate surface area is 170 Å². The molecule has 0 spiro atoms. The maximum Gasteiger partial charge on any atom is 0.338 e. The number of nitrogens with zero attached hydrogens (tertiary/aromatic N) is 1. The molecule has 7 heteroatoms. The number of esters is 1. The number of benzene rings is 1. The van der Waals surface area contributed by atoms with Gasteiger partial charge in [0.15, 0.2) is 6.61 Å². The molecule has 3 rings (SSSR count). The highest BCUT2D eigenvalue weighted by molar-refractivity contribution is 6.00. The minimum atomic E-state index is -0.612. The van der Waals surface area contributed by atoms with Crippen LogP contribution in [0.2, 0.25) is 0 Å². The normalized spacial score (nSPS) is 15.9. The van der Waals surface area contributed by atoms with Gasteiger partial charge >= 0.3 is 5.97 Å². The monoisotopic (exact) mass is 398 g/mol. The van der Waals surface area contributed by atoms with E-state index in [1.807, 2.05) is 19.9 Å². The topological polar surface area (TPSA) is 86.6 Å². The molecule has 1 aliphatic rings. The van der Waals surface area contributed by atoms with Crippen molar-refractivity contribution in [3.63, 3.8) is 0 Å². The van der Waals surface area contributed by atoms with Gasteiger partial charge in [0.05, 0.1) is 11.7 Å². The summed E-state index contributed by atoms with van der Waals surface area (Å²) >= 11 is 0. The van der Waals surface area contributed by atoms with E-state index < -0.39 is 5.97 Å². The molecule has 0 radical (unpaired) electrons. The zero-order valence-electron chi connectivity index (χ0n) is 17.0. The van der Waals surface area contributed by atoms with Gasteiger partial charge in [-0.3, -0.25) is 9.59 Å². The predicted octanol–water partition coefficient (Wildman–Crippen LogP) is 3.28. The van der Waals surface area contributed by atoms with E-state index in [2.05, 4.69) is 9.88 Å². The first-order valence-electron chi connectivity index (χ1n) is 9.71.